The molecule has 7 heteroatoms. The Morgan fingerprint density at radius 3 is 2.68 bits per heavy atom. The van der Waals surface area contributed by atoms with Gasteiger partial charge in [0, 0.05) is 30.4 Å². The van der Waals surface area contributed by atoms with Crippen LogP contribution in [-0.4, -0.2) is 48.4 Å². The largest absolute Gasteiger partial charge is 0.496 e. The lowest BCUT2D eigenvalue weighted by atomic mass is 10.1. The topological polar surface area (TPSA) is 44.8 Å². The first-order chi connectivity index (χ1) is 17.9. The number of allylic oxidation sites excluding steroid dienone is 4. The van der Waals surface area contributed by atoms with Crippen LogP contribution in [0.25, 0.3) is 0 Å². The van der Waals surface area contributed by atoms with Gasteiger partial charge >= 0.3 is 0 Å². The van der Waals surface area contributed by atoms with Crippen LogP contribution < -0.4 is 5.32 Å². The van der Waals surface area contributed by atoms with Gasteiger partial charge in [-0.15, -0.1) is 6.58 Å². The number of amides is 1. The van der Waals surface area contributed by atoms with Gasteiger partial charge < -0.3 is 15.0 Å². The number of halogens is 2. The minimum Gasteiger partial charge on any atom is -0.496 e. The van der Waals surface area contributed by atoms with Crippen LogP contribution in [0.2, 0.25) is 0 Å². The van der Waals surface area contributed by atoms with Crippen molar-refractivity contribution in [2.75, 3.05) is 26.7 Å². The van der Waals surface area contributed by atoms with Crippen molar-refractivity contribution in [3.63, 3.8) is 0 Å². The van der Waals surface area contributed by atoms with Crippen LogP contribution >= 0.6 is 0 Å². The quantitative estimate of drug-likeness (QED) is 0.215. The lowest BCUT2D eigenvalue weighted by Crippen LogP contribution is -2.40. The molecule has 1 aromatic carbocycles. The standard InChI is InChI=1S/C30H39F2N3O2/c1-5-7-11-29(22(3)33-4)35-19-25(27(30(35)36)17-26(31)6-2)21-37-20-24-13-12-23(16-28(24)32)18-34-14-9-8-10-15-34/h5-6,12-13,16-17,21,29,33H,1,3,7-11,14-15,18-20H2,2,4H3/b25-21+,26-6+,27-17+. The van der Waals surface area contributed by atoms with E-state index in [0.29, 0.717) is 29.7 Å². The molecule has 1 atom stereocenters. The van der Waals surface area contributed by atoms with Gasteiger partial charge in [0.25, 0.3) is 5.91 Å². The van der Waals surface area contributed by atoms with E-state index in [2.05, 4.69) is 23.4 Å². The summed E-state index contributed by atoms with van der Waals surface area (Å²) in [5, 5.41) is 3.03. The smallest absolute Gasteiger partial charge is 0.255 e. The molecule has 0 radical (unpaired) electrons. The highest BCUT2D eigenvalue weighted by molar-refractivity contribution is 6.02. The van der Waals surface area contributed by atoms with Gasteiger partial charge in [-0.3, -0.25) is 9.69 Å². The Balaban J connectivity index is 1.74. The van der Waals surface area contributed by atoms with Gasteiger partial charge in [-0.1, -0.05) is 37.3 Å². The van der Waals surface area contributed by atoms with Gasteiger partial charge in [-0.2, -0.15) is 0 Å². The molecule has 1 N–H and O–H groups in total. The Morgan fingerprint density at radius 2 is 2.03 bits per heavy atom. The highest BCUT2D eigenvalue weighted by Crippen LogP contribution is 2.30. The Kier molecular flexibility index (Phi) is 10.7. The number of benzene rings is 1. The third-order valence-electron chi connectivity index (χ3n) is 6.92. The molecular weight excluding hydrogens is 472 g/mol. The molecule has 200 valence electrons. The second kappa shape index (κ2) is 13.9. The van der Waals surface area contributed by atoms with E-state index in [1.165, 1.54) is 37.7 Å². The number of carbonyl (C=O) groups excluding carboxylic acids is 1. The van der Waals surface area contributed by atoms with Crippen LogP contribution in [0.15, 0.2) is 78.5 Å². The number of hydrogen-bond acceptors (Lipinski definition) is 4. The third kappa shape index (κ3) is 7.65. The van der Waals surface area contributed by atoms with E-state index in [4.69, 9.17) is 4.74 Å². The summed E-state index contributed by atoms with van der Waals surface area (Å²) in [7, 11) is 1.76. The Bertz CT molecular complexity index is 1070. The fourth-order valence-electron chi connectivity index (χ4n) is 4.74. The summed E-state index contributed by atoms with van der Waals surface area (Å²) in [6.07, 6.45) is 10.7. The van der Waals surface area contributed by atoms with E-state index >= 15 is 0 Å². The van der Waals surface area contributed by atoms with Gasteiger partial charge in [0.1, 0.15) is 18.3 Å². The number of hydrogen-bond donors (Lipinski definition) is 1. The lowest BCUT2D eigenvalue weighted by molar-refractivity contribution is -0.126. The molecule has 1 amide bonds. The van der Waals surface area contributed by atoms with Crippen LogP contribution in [0.5, 0.6) is 0 Å². The normalized spacial score (nSPS) is 19.9. The molecule has 0 bridgehead atoms. The van der Waals surface area contributed by atoms with Gasteiger partial charge in [0.15, 0.2) is 0 Å². The Morgan fingerprint density at radius 1 is 1.27 bits per heavy atom. The zero-order valence-electron chi connectivity index (χ0n) is 22.1. The van der Waals surface area contributed by atoms with Gasteiger partial charge in [0.2, 0.25) is 0 Å². The van der Waals surface area contributed by atoms with Crippen molar-refractivity contribution in [1.82, 2.24) is 15.1 Å². The number of nitrogens with one attached hydrogen (secondary N) is 1. The number of likely N-dealkylation sites (N-methyl/N-ethyl adjacent to an activating group) is 1. The maximum absolute atomic E-state index is 14.8. The number of rotatable bonds is 12. The number of likely N-dealkylation sites (tertiary alicyclic amines) is 2. The van der Waals surface area contributed by atoms with Crippen molar-refractivity contribution >= 4 is 5.91 Å². The molecule has 2 heterocycles. The molecule has 2 fully saturated rings. The van der Waals surface area contributed by atoms with Gasteiger partial charge in [-0.25, -0.2) is 8.78 Å². The zero-order valence-corrected chi connectivity index (χ0v) is 22.1. The second-order valence-corrected chi connectivity index (χ2v) is 9.54. The van der Waals surface area contributed by atoms with Crippen LogP contribution in [0.3, 0.4) is 0 Å². The first-order valence-electron chi connectivity index (χ1n) is 13.0. The van der Waals surface area contributed by atoms with Crippen LogP contribution in [0.1, 0.15) is 50.2 Å². The molecular formula is C30H39F2N3O2. The fourth-order valence-corrected chi connectivity index (χ4v) is 4.74. The summed E-state index contributed by atoms with van der Waals surface area (Å²) < 4.78 is 34.7. The summed E-state index contributed by atoms with van der Waals surface area (Å²) in [5.74, 6) is -1.13. The minimum absolute atomic E-state index is 0.00993. The molecule has 1 unspecified atom stereocenters. The molecule has 2 saturated heterocycles. The molecule has 0 saturated carbocycles. The van der Waals surface area contributed by atoms with Crippen molar-refractivity contribution in [1.29, 1.82) is 0 Å². The molecule has 2 aliphatic rings. The van der Waals surface area contributed by atoms with E-state index in [0.717, 1.165) is 25.2 Å². The average Bonchev–Trinajstić information content (AvgIpc) is 3.20. The molecule has 5 nitrogen and oxygen atoms in total. The molecule has 3 rings (SSSR count). The van der Waals surface area contributed by atoms with Gasteiger partial charge in [-0.05, 0) is 63.4 Å². The predicted molar refractivity (Wildman–Crippen MR) is 144 cm³/mol. The lowest BCUT2D eigenvalue weighted by Gasteiger charge is -2.28. The van der Waals surface area contributed by atoms with Crippen molar-refractivity contribution in [3.8, 4) is 0 Å². The van der Waals surface area contributed by atoms with Crippen molar-refractivity contribution < 1.29 is 18.3 Å². The Labute approximate surface area is 219 Å². The average molecular weight is 512 g/mol. The fraction of sp³-hybridized carbons (Fsp3) is 0.433. The van der Waals surface area contributed by atoms with E-state index in [1.54, 1.807) is 37.1 Å². The Hall–Kier alpha value is -3.19. The summed E-state index contributed by atoms with van der Waals surface area (Å²) >= 11 is 0. The molecule has 0 aliphatic carbocycles. The third-order valence-corrected chi connectivity index (χ3v) is 6.92. The maximum atomic E-state index is 14.8. The molecule has 0 aromatic heterocycles. The number of ether oxygens (including phenoxy) is 1. The van der Waals surface area contributed by atoms with Crippen LogP contribution in [-0.2, 0) is 22.7 Å². The van der Waals surface area contributed by atoms with E-state index in [1.807, 2.05) is 6.07 Å². The first-order valence-corrected chi connectivity index (χ1v) is 13.0. The monoisotopic (exact) mass is 511 g/mol. The summed E-state index contributed by atoms with van der Waals surface area (Å²) in [5.41, 5.74) is 2.82. The zero-order chi connectivity index (χ0) is 26.8. The molecule has 2 aliphatic heterocycles. The second-order valence-electron chi connectivity index (χ2n) is 9.54. The number of nitrogens with zero attached hydrogens (tertiary/aromatic N) is 2. The highest BCUT2D eigenvalue weighted by atomic mass is 19.1. The summed E-state index contributed by atoms with van der Waals surface area (Å²) in [4.78, 5) is 17.3. The highest BCUT2D eigenvalue weighted by Gasteiger charge is 2.36. The molecule has 1 aromatic rings. The minimum atomic E-state index is -0.512. The van der Waals surface area contributed by atoms with Crippen molar-refractivity contribution in [2.24, 2.45) is 0 Å². The molecule has 37 heavy (non-hydrogen) atoms. The van der Waals surface area contributed by atoms with Crippen molar-refractivity contribution in [3.05, 3.63) is 95.5 Å². The predicted octanol–water partition coefficient (Wildman–Crippen LogP) is 5.92. The SMILES string of the molecule is C=CCCC(C(=C)NC)N1CC(=C\OCc2ccc(CN3CCCCC3)cc2F)/C(=C\C(F)=C/C)C1=O. The summed E-state index contributed by atoms with van der Waals surface area (Å²) in [6, 6.07) is 4.97. The van der Waals surface area contributed by atoms with Gasteiger partial charge in [0.05, 0.1) is 24.4 Å². The first kappa shape index (κ1) is 28.4. The van der Waals surface area contributed by atoms with Crippen molar-refractivity contribution in [2.45, 2.75) is 58.2 Å². The maximum Gasteiger partial charge on any atom is 0.255 e. The van der Waals surface area contributed by atoms with E-state index < -0.39 is 5.83 Å². The van der Waals surface area contributed by atoms with Crippen LogP contribution in [0.4, 0.5) is 8.78 Å². The van der Waals surface area contributed by atoms with Crippen LogP contribution in [0, 0.1) is 5.82 Å². The summed E-state index contributed by atoms with van der Waals surface area (Å²) in [6.45, 7) is 12.5. The van der Waals surface area contributed by atoms with E-state index in [9.17, 15) is 13.6 Å². The van der Waals surface area contributed by atoms with E-state index in [-0.39, 0.29) is 36.5 Å². The number of piperidine rings is 1. The number of carbonyl (C=O) groups is 1. The molecule has 0 spiro atoms.